The minimum atomic E-state index is 0.226. The molecular weight excluding hydrogens is 282 g/mol. The van der Waals surface area contributed by atoms with Crippen molar-refractivity contribution in [3.05, 3.63) is 15.6 Å². The Morgan fingerprint density at radius 1 is 1.24 bits per heavy atom. The van der Waals surface area contributed by atoms with Crippen molar-refractivity contribution in [2.24, 2.45) is 11.8 Å². The summed E-state index contributed by atoms with van der Waals surface area (Å²) in [5, 5.41) is 4.63. The van der Waals surface area contributed by atoms with Crippen molar-refractivity contribution < 1.29 is 4.79 Å². The third-order valence-electron chi connectivity index (χ3n) is 5.39. The molecule has 3 fully saturated rings. The fourth-order valence-electron chi connectivity index (χ4n) is 4.13. The number of nitrogens with zero attached hydrogens (tertiary/aromatic N) is 2. The predicted octanol–water partition coefficient (Wildman–Crippen LogP) is 2.40. The number of rotatable bonds is 2. The van der Waals surface area contributed by atoms with Crippen LogP contribution in [-0.2, 0) is 0 Å². The maximum atomic E-state index is 12.8. The maximum Gasteiger partial charge on any atom is 0.265 e. The normalized spacial score (nSPS) is 29.3. The number of amides is 1. The van der Waals surface area contributed by atoms with E-state index in [1.165, 1.54) is 30.7 Å². The van der Waals surface area contributed by atoms with Crippen LogP contribution in [0, 0.1) is 18.8 Å². The first-order chi connectivity index (χ1) is 10.2. The summed E-state index contributed by atoms with van der Waals surface area (Å²) in [6.45, 7) is 5.99. The molecule has 2 aliphatic heterocycles. The quantitative estimate of drug-likeness (QED) is 0.912. The number of hydrogen-bond donors (Lipinski definition) is 1. The van der Waals surface area contributed by atoms with Crippen molar-refractivity contribution in [1.29, 1.82) is 0 Å². The molecule has 2 saturated heterocycles. The van der Waals surface area contributed by atoms with Gasteiger partial charge in [-0.05, 0) is 31.6 Å². The Kier molecular flexibility index (Phi) is 3.50. The molecule has 1 aromatic rings. The highest BCUT2D eigenvalue weighted by Crippen LogP contribution is 2.38. The first-order valence-corrected chi connectivity index (χ1v) is 9.01. The Labute approximate surface area is 129 Å². The molecule has 3 aliphatic rings. The van der Waals surface area contributed by atoms with Gasteiger partial charge in [0.05, 0.1) is 10.7 Å². The van der Waals surface area contributed by atoms with Gasteiger partial charge >= 0.3 is 0 Å². The summed E-state index contributed by atoms with van der Waals surface area (Å²) in [6, 6.07) is 0. The number of fused-ring (bicyclic) bond motifs is 1. The average Bonchev–Trinajstić information content (AvgIpc) is 3.21. The van der Waals surface area contributed by atoms with E-state index in [2.05, 4.69) is 10.2 Å². The second-order valence-electron chi connectivity index (χ2n) is 6.84. The molecule has 1 aliphatic carbocycles. The van der Waals surface area contributed by atoms with Crippen LogP contribution in [0.3, 0.4) is 0 Å². The van der Waals surface area contributed by atoms with Crippen LogP contribution >= 0.6 is 11.3 Å². The second kappa shape index (κ2) is 5.36. The minimum Gasteiger partial charge on any atom is -0.337 e. The van der Waals surface area contributed by atoms with Crippen LogP contribution in [0.2, 0.25) is 0 Å². The Balaban J connectivity index is 1.51. The van der Waals surface area contributed by atoms with Gasteiger partial charge in [-0.2, -0.15) is 0 Å². The molecule has 5 heteroatoms. The third-order valence-corrected chi connectivity index (χ3v) is 6.70. The molecule has 1 amide bonds. The third kappa shape index (κ3) is 2.40. The smallest absolute Gasteiger partial charge is 0.265 e. The molecule has 4 nitrogen and oxygen atoms in total. The molecule has 0 radical (unpaired) electrons. The van der Waals surface area contributed by atoms with Crippen molar-refractivity contribution in [3.63, 3.8) is 0 Å². The fourth-order valence-corrected chi connectivity index (χ4v) is 5.33. The van der Waals surface area contributed by atoms with Gasteiger partial charge in [-0.25, -0.2) is 4.98 Å². The number of thiazole rings is 1. The van der Waals surface area contributed by atoms with E-state index in [4.69, 9.17) is 4.98 Å². The van der Waals surface area contributed by atoms with Gasteiger partial charge in [0.1, 0.15) is 4.88 Å². The van der Waals surface area contributed by atoms with E-state index in [0.29, 0.717) is 17.8 Å². The van der Waals surface area contributed by atoms with Gasteiger partial charge in [-0.15, -0.1) is 11.3 Å². The van der Waals surface area contributed by atoms with Crippen molar-refractivity contribution in [2.45, 2.75) is 38.5 Å². The fraction of sp³-hybridized carbons (Fsp3) is 0.750. The number of nitrogens with one attached hydrogen (secondary N) is 1. The van der Waals surface area contributed by atoms with Crippen LogP contribution in [0.15, 0.2) is 0 Å². The van der Waals surface area contributed by atoms with Crippen molar-refractivity contribution in [1.82, 2.24) is 15.2 Å². The van der Waals surface area contributed by atoms with Gasteiger partial charge in [-0.1, -0.05) is 12.8 Å². The van der Waals surface area contributed by atoms with E-state index >= 15 is 0 Å². The molecule has 1 aromatic heterocycles. The van der Waals surface area contributed by atoms with Crippen LogP contribution < -0.4 is 5.32 Å². The maximum absolute atomic E-state index is 12.8. The molecule has 1 N–H and O–H groups in total. The topological polar surface area (TPSA) is 45.2 Å². The summed E-state index contributed by atoms with van der Waals surface area (Å²) in [5.41, 5.74) is 0.946. The van der Waals surface area contributed by atoms with Gasteiger partial charge in [0.25, 0.3) is 5.91 Å². The van der Waals surface area contributed by atoms with Gasteiger partial charge in [0, 0.05) is 32.1 Å². The Morgan fingerprint density at radius 2 is 1.90 bits per heavy atom. The van der Waals surface area contributed by atoms with Crippen LogP contribution in [0.5, 0.6) is 0 Å². The summed E-state index contributed by atoms with van der Waals surface area (Å²) in [7, 11) is 0. The lowest BCUT2D eigenvalue weighted by Crippen LogP contribution is -2.31. The lowest BCUT2D eigenvalue weighted by atomic mass is 10.0. The second-order valence-corrected chi connectivity index (χ2v) is 7.87. The van der Waals surface area contributed by atoms with Gasteiger partial charge in [0.2, 0.25) is 0 Å². The molecular formula is C16H23N3OS. The van der Waals surface area contributed by atoms with Crippen molar-refractivity contribution in [3.8, 4) is 0 Å². The molecule has 0 aromatic carbocycles. The predicted molar refractivity (Wildman–Crippen MR) is 83.8 cm³/mol. The summed E-state index contributed by atoms with van der Waals surface area (Å²) in [6.07, 6.45) is 5.13. The van der Waals surface area contributed by atoms with Crippen molar-refractivity contribution in [2.75, 3.05) is 26.2 Å². The summed E-state index contributed by atoms with van der Waals surface area (Å²) in [4.78, 5) is 20.5. The van der Waals surface area contributed by atoms with E-state index in [0.717, 1.165) is 36.8 Å². The summed E-state index contributed by atoms with van der Waals surface area (Å²) < 4.78 is 0. The molecule has 2 atom stereocenters. The highest BCUT2D eigenvalue weighted by Gasteiger charge is 2.39. The zero-order valence-electron chi connectivity index (χ0n) is 12.6. The number of hydrogen-bond acceptors (Lipinski definition) is 4. The van der Waals surface area contributed by atoms with E-state index < -0.39 is 0 Å². The number of carbonyl (C=O) groups is 1. The van der Waals surface area contributed by atoms with Crippen molar-refractivity contribution >= 4 is 17.2 Å². The Bertz CT molecular complexity index is 538. The lowest BCUT2D eigenvalue weighted by molar-refractivity contribution is 0.0785. The first-order valence-electron chi connectivity index (χ1n) is 8.19. The molecule has 21 heavy (non-hydrogen) atoms. The SMILES string of the molecule is Cc1nc(C2CCCC2)sc1C(=O)N1C[C@H]2CNC[C@H]2C1. The van der Waals surface area contributed by atoms with E-state index in [-0.39, 0.29) is 5.91 Å². The molecule has 0 bridgehead atoms. The zero-order valence-corrected chi connectivity index (χ0v) is 13.4. The molecule has 3 heterocycles. The molecule has 4 rings (SSSR count). The van der Waals surface area contributed by atoms with Gasteiger partial charge in [-0.3, -0.25) is 4.79 Å². The largest absolute Gasteiger partial charge is 0.337 e. The number of aryl methyl sites for hydroxylation is 1. The zero-order chi connectivity index (χ0) is 14.4. The molecule has 1 saturated carbocycles. The molecule has 0 spiro atoms. The summed E-state index contributed by atoms with van der Waals surface area (Å²) >= 11 is 1.66. The van der Waals surface area contributed by atoms with Crippen LogP contribution in [0.4, 0.5) is 0 Å². The van der Waals surface area contributed by atoms with Crippen LogP contribution in [0.25, 0.3) is 0 Å². The van der Waals surface area contributed by atoms with E-state index in [1.807, 2.05) is 6.92 Å². The lowest BCUT2D eigenvalue weighted by Gasteiger charge is -2.16. The Hall–Kier alpha value is -0.940. The summed E-state index contributed by atoms with van der Waals surface area (Å²) in [5.74, 6) is 2.16. The average molecular weight is 305 g/mol. The standard InChI is InChI=1S/C16H23N3OS/c1-10-14(21-15(18-10)11-4-2-3-5-11)16(20)19-8-12-6-17-7-13(12)9-19/h11-13,17H,2-9H2,1H3/t12-,13+. The minimum absolute atomic E-state index is 0.226. The number of aromatic nitrogens is 1. The number of likely N-dealkylation sites (tertiary alicyclic amines) is 1. The molecule has 0 unspecified atom stereocenters. The molecule has 114 valence electrons. The highest BCUT2D eigenvalue weighted by atomic mass is 32.1. The van der Waals surface area contributed by atoms with Crippen LogP contribution in [0.1, 0.15) is 52.0 Å². The first kappa shape index (κ1) is 13.7. The highest BCUT2D eigenvalue weighted by molar-refractivity contribution is 7.13. The van der Waals surface area contributed by atoms with Gasteiger partial charge in [0.15, 0.2) is 0 Å². The van der Waals surface area contributed by atoms with Crippen LogP contribution in [-0.4, -0.2) is 42.0 Å². The van der Waals surface area contributed by atoms with E-state index in [9.17, 15) is 4.79 Å². The van der Waals surface area contributed by atoms with Gasteiger partial charge < -0.3 is 10.2 Å². The monoisotopic (exact) mass is 305 g/mol. The number of carbonyl (C=O) groups excluding carboxylic acids is 1. The van der Waals surface area contributed by atoms with E-state index in [1.54, 1.807) is 11.3 Å². The Morgan fingerprint density at radius 3 is 2.57 bits per heavy atom.